The van der Waals surface area contributed by atoms with Gasteiger partial charge in [-0.05, 0) is 47.9 Å². The second-order valence-corrected chi connectivity index (χ2v) is 8.66. The molecular formula is C27H25N5O2. The van der Waals surface area contributed by atoms with Crippen LogP contribution >= 0.6 is 0 Å². The molecule has 2 aromatic heterocycles. The molecule has 0 spiro atoms. The maximum atomic E-state index is 13.1. The molecule has 0 radical (unpaired) electrons. The number of nitrogens with one attached hydrogen (secondary N) is 1. The van der Waals surface area contributed by atoms with Gasteiger partial charge in [0.1, 0.15) is 0 Å². The Kier molecular flexibility index (Phi) is 5.67. The summed E-state index contributed by atoms with van der Waals surface area (Å²) in [6.45, 7) is 3.26. The van der Waals surface area contributed by atoms with Gasteiger partial charge in [0, 0.05) is 61.5 Å². The van der Waals surface area contributed by atoms with E-state index in [4.69, 9.17) is 0 Å². The number of amides is 2. The van der Waals surface area contributed by atoms with Crippen molar-refractivity contribution in [2.75, 3.05) is 18.4 Å². The highest BCUT2D eigenvalue weighted by molar-refractivity contribution is 6.05. The molecule has 1 aliphatic rings. The first-order chi connectivity index (χ1) is 16.5. The minimum Gasteiger partial charge on any atom is -0.337 e. The second kappa shape index (κ2) is 8.94. The molecule has 4 aromatic rings. The van der Waals surface area contributed by atoms with E-state index in [2.05, 4.69) is 39.7 Å². The molecule has 1 saturated heterocycles. The summed E-state index contributed by atoms with van der Waals surface area (Å²) in [7, 11) is 1.91. The van der Waals surface area contributed by atoms with Gasteiger partial charge >= 0.3 is 0 Å². The van der Waals surface area contributed by atoms with Crippen molar-refractivity contribution < 1.29 is 9.59 Å². The number of anilines is 1. The van der Waals surface area contributed by atoms with Crippen LogP contribution in [0.1, 0.15) is 37.8 Å². The fourth-order valence-electron chi connectivity index (χ4n) is 4.14. The summed E-state index contributed by atoms with van der Waals surface area (Å²) in [6, 6.07) is 17.3. The van der Waals surface area contributed by atoms with E-state index in [0.717, 1.165) is 16.7 Å². The Hall–Kier alpha value is -4.26. The van der Waals surface area contributed by atoms with Crippen LogP contribution in [0.2, 0.25) is 0 Å². The van der Waals surface area contributed by atoms with Gasteiger partial charge in [-0.15, -0.1) is 0 Å². The van der Waals surface area contributed by atoms with Gasteiger partial charge < -0.3 is 10.2 Å². The zero-order chi connectivity index (χ0) is 23.7. The highest BCUT2D eigenvalue weighted by Gasteiger charge is 2.32. The Morgan fingerprint density at radius 1 is 0.971 bits per heavy atom. The van der Waals surface area contributed by atoms with Crippen molar-refractivity contribution in [3.63, 3.8) is 0 Å². The number of hydrogen-bond donors (Lipinski definition) is 1. The number of benzene rings is 2. The molecule has 0 saturated carbocycles. The first-order valence-electron chi connectivity index (χ1n) is 11.2. The molecule has 170 valence electrons. The third kappa shape index (κ3) is 4.32. The summed E-state index contributed by atoms with van der Waals surface area (Å²) >= 11 is 0. The molecule has 7 heteroatoms. The lowest BCUT2D eigenvalue weighted by Gasteiger charge is -2.39. The van der Waals surface area contributed by atoms with Crippen LogP contribution in [0.25, 0.3) is 11.1 Å². The van der Waals surface area contributed by atoms with Crippen molar-refractivity contribution >= 4 is 17.5 Å². The van der Waals surface area contributed by atoms with Crippen molar-refractivity contribution in [3.8, 4) is 11.1 Å². The van der Waals surface area contributed by atoms with E-state index in [1.54, 1.807) is 29.1 Å². The highest BCUT2D eigenvalue weighted by Crippen LogP contribution is 2.31. The minimum atomic E-state index is -0.250. The molecule has 1 aliphatic heterocycles. The molecule has 1 N–H and O–H groups in total. The zero-order valence-electron chi connectivity index (χ0n) is 19.1. The molecule has 0 bridgehead atoms. The van der Waals surface area contributed by atoms with E-state index >= 15 is 0 Å². The van der Waals surface area contributed by atoms with Crippen LogP contribution in [0.3, 0.4) is 0 Å². The van der Waals surface area contributed by atoms with Crippen LogP contribution < -0.4 is 5.32 Å². The number of nitrogens with zero attached hydrogens (tertiary/aromatic N) is 4. The Bertz CT molecular complexity index is 1340. The first-order valence-corrected chi connectivity index (χ1v) is 11.2. The summed E-state index contributed by atoms with van der Waals surface area (Å²) in [4.78, 5) is 31.4. The van der Waals surface area contributed by atoms with Crippen molar-refractivity contribution in [3.05, 3.63) is 102 Å². The molecular weight excluding hydrogens is 426 g/mol. The minimum absolute atomic E-state index is 0.0277. The number of carbonyl (C=O) groups is 2. The number of rotatable bonds is 5. The molecule has 7 nitrogen and oxygen atoms in total. The Balaban J connectivity index is 1.23. The molecule has 2 aromatic carbocycles. The number of carbonyl (C=O) groups excluding carboxylic acids is 2. The summed E-state index contributed by atoms with van der Waals surface area (Å²) in [5, 5.41) is 7.12. The molecule has 2 amide bonds. The molecule has 0 unspecified atom stereocenters. The maximum absolute atomic E-state index is 13.1. The molecule has 3 heterocycles. The molecule has 34 heavy (non-hydrogen) atoms. The Labute approximate surface area is 198 Å². The van der Waals surface area contributed by atoms with Gasteiger partial charge in [-0.1, -0.05) is 30.3 Å². The van der Waals surface area contributed by atoms with Crippen molar-refractivity contribution in [2.45, 2.75) is 12.8 Å². The zero-order valence-corrected chi connectivity index (χ0v) is 19.1. The third-order valence-electron chi connectivity index (χ3n) is 6.25. The predicted molar refractivity (Wildman–Crippen MR) is 131 cm³/mol. The Morgan fingerprint density at radius 2 is 1.76 bits per heavy atom. The SMILES string of the molecule is Cc1ccc(C(=O)N2CC(c3ccc(-c4cnn(C)c4)cc3)C2)cc1NC(=O)c1cccnc1. The van der Waals surface area contributed by atoms with E-state index in [0.29, 0.717) is 35.8 Å². The highest BCUT2D eigenvalue weighted by atomic mass is 16.2. The van der Waals surface area contributed by atoms with Gasteiger partial charge in [0.2, 0.25) is 0 Å². The van der Waals surface area contributed by atoms with E-state index < -0.39 is 0 Å². The monoisotopic (exact) mass is 451 g/mol. The lowest BCUT2D eigenvalue weighted by molar-refractivity contribution is 0.0602. The standard InChI is InChI=1S/C27H25N5O2/c1-18-5-6-21(12-25(18)30-26(33)22-4-3-11-28-13-22)27(34)32-16-24(17-32)20-9-7-19(8-10-20)23-14-29-31(2)15-23/h3-15,24H,16-17H2,1-2H3,(H,30,33). The molecule has 0 aliphatic carbocycles. The van der Waals surface area contributed by atoms with Gasteiger partial charge in [0.25, 0.3) is 11.8 Å². The van der Waals surface area contributed by atoms with Gasteiger partial charge in [-0.2, -0.15) is 5.10 Å². The van der Waals surface area contributed by atoms with Gasteiger partial charge in [0.05, 0.1) is 11.8 Å². The first kappa shape index (κ1) is 21.6. The lowest BCUT2D eigenvalue weighted by atomic mass is 9.90. The normalized spacial score (nSPS) is 13.4. The number of aromatic nitrogens is 3. The largest absolute Gasteiger partial charge is 0.337 e. The van der Waals surface area contributed by atoms with Crippen molar-refractivity contribution in [2.24, 2.45) is 7.05 Å². The topological polar surface area (TPSA) is 80.1 Å². The average molecular weight is 452 g/mol. The van der Waals surface area contributed by atoms with Crippen LogP contribution in [0, 0.1) is 6.92 Å². The van der Waals surface area contributed by atoms with Crippen LogP contribution in [-0.4, -0.2) is 44.6 Å². The summed E-state index contributed by atoms with van der Waals surface area (Å²) in [5.74, 6) is 0.0433. The van der Waals surface area contributed by atoms with Gasteiger partial charge in [-0.25, -0.2) is 0 Å². The van der Waals surface area contributed by atoms with Gasteiger partial charge in [0.15, 0.2) is 0 Å². The van der Waals surface area contributed by atoms with Crippen LogP contribution in [-0.2, 0) is 7.05 Å². The number of likely N-dealkylation sites (tertiary alicyclic amines) is 1. The fraction of sp³-hybridized carbons (Fsp3) is 0.185. The van der Waals surface area contributed by atoms with Crippen LogP contribution in [0.5, 0.6) is 0 Å². The van der Waals surface area contributed by atoms with Crippen molar-refractivity contribution in [1.29, 1.82) is 0 Å². The van der Waals surface area contributed by atoms with E-state index in [9.17, 15) is 9.59 Å². The predicted octanol–water partition coefficient (Wildman–Crippen LogP) is 4.28. The molecule has 0 atom stereocenters. The molecule has 1 fully saturated rings. The lowest BCUT2D eigenvalue weighted by Crippen LogP contribution is -2.48. The maximum Gasteiger partial charge on any atom is 0.257 e. The van der Waals surface area contributed by atoms with E-state index in [-0.39, 0.29) is 11.8 Å². The number of hydrogen-bond acceptors (Lipinski definition) is 4. The van der Waals surface area contributed by atoms with Crippen molar-refractivity contribution in [1.82, 2.24) is 19.7 Å². The summed E-state index contributed by atoms with van der Waals surface area (Å²) in [5.41, 5.74) is 6.00. The van der Waals surface area contributed by atoms with E-state index in [1.807, 2.05) is 43.4 Å². The average Bonchev–Trinajstić information content (AvgIpc) is 3.26. The quantitative estimate of drug-likeness (QED) is 0.491. The summed E-state index contributed by atoms with van der Waals surface area (Å²) < 4.78 is 1.79. The second-order valence-electron chi connectivity index (χ2n) is 8.66. The fourth-order valence-corrected chi connectivity index (χ4v) is 4.14. The van der Waals surface area contributed by atoms with Gasteiger partial charge in [-0.3, -0.25) is 19.3 Å². The van der Waals surface area contributed by atoms with Crippen LogP contribution in [0.4, 0.5) is 5.69 Å². The number of pyridine rings is 1. The third-order valence-corrected chi connectivity index (χ3v) is 6.25. The smallest absolute Gasteiger partial charge is 0.257 e. The summed E-state index contributed by atoms with van der Waals surface area (Å²) in [6.07, 6.45) is 6.99. The van der Waals surface area contributed by atoms with E-state index in [1.165, 1.54) is 11.8 Å². The molecule has 5 rings (SSSR count). The number of aryl methyl sites for hydroxylation is 2. The Morgan fingerprint density at radius 3 is 2.44 bits per heavy atom. The van der Waals surface area contributed by atoms with Crippen LogP contribution in [0.15, 0.2) is 79.4 Å².